The topological polar surface area (TPSA) is 38.5 Å². The average molecular weight is 220 g/mol. The minimum atomic E-state index is 0.849. The van der Waals surface area contributed by atoms with Crippen LogP contribution in [-0.2, 0) is 11.3 Å². The molecule has 1 saturated heterocycles. The maximum atomic E-state index is 5.91. The monoisotopic (exact) mass is 220 g/mol. The quantitative estimate of drug-likeness (QED) is 0.772. The van der Waals surface area contributed by atoms with Crippen molar-refractivity contribution in [2.75, 3.05) is 32.0 Å². The Morgan fingerprint density at radius 1 is 1.31 bits per heavy atom. The first-order chi connectivity index (χ1) is 7.75. The van der Waals surface area contributed by atoms with Crippen LogP contribution in [0, 0.1) is 6.92 Å². The van der Waals surface area contributed by atoms with Crippen molar-refractivity contribution in [3.05, 3.63) is 29.3 Å². The molecule has 0 atom stereocenters. The zero-order valence-electron chi connectivity index (χ0n) is 9.91. The van der Waals surface area contributed by atoms with Gasteiger partial charge in [-0.3, -0.25) is 4.90 Å². The third-order valence-electron chi connectivity index (χ3n) is 3.06. The molecule has 3 nitrogen and oxygen atoms in total. The molecule has 1 aromatic rings. The third-order valence-corrected chi connectivity index (χ3v) is 3.06. The molecule has 1 aliphatic heterocycles. The van der Waals surface area contributed by atoms with Gasteiger partial charge in [-0.25, -0.2) is 0 Å². The van der Waals surface area contributed by atoms with E-state index in [1.165, 1.54) is 5.56 Å². The molecule has 3 heteroatoms. The van der Waals surface area contributed by atoms with Gasteiger partial charge < -0.3 is 10.5 Å². The standard InChI is InChI=1S/C13H20N2O/c1-11-3-4-12(9-13(11)14)10-15-5-2-7-16-8-6-15/h3-4,9H,2,5-8,10,14H2,1H3. The summed E-state index contributed by atoms with van der Waals surface area (Å²) in [6.45, 7) is 6.90. The second-order valence-corrected chi connectivity index (χ2v) is 4.43. The van der Waals surface area contributed by atoms with E-state index in [1.54, 1.807) is 0 Å². The molecule has 1 aliphatic rings. The molecule has 0 radical (unpaired) electrons. The summed E-state index contributed by atoms with van der Waals surface area (Å²) in [4.78, 5) is 2.43. The van der Waals surface area contributed by atoms with E-state index in [0.29, 0.717) is 0 Å². The van der Waals surface area contributed by atoms with E-state index in [-0.39, 0.29) is 0 Å². The second-order valence-electron chi connectivity index (χ2n) is 4.43. The van der Waals surface area contributed by atoms with Crippen molar-refractivity contribution in [3.63, 3.8) is 0 Å². The number of benzene rings is 1. The number of rotatable bonds is 2. The SMILES string of the molecule is Cc1ccc(CN2CCCOCC2)cc1N. The Kier molecular flexibility index (Phi) is 3.80. The third kappa shape index (κ3) is 2.97. The highest BCUT2D eigenvalue weighted by Crippen LogP contribution is 2.15. The largest absolute Gasteiger partial charge is 0.399 e. The van der Waals surface area contributed by atoms with Crippen LogP contribution in [0.1, 0.15) is 17.5 Å². The van der Waals surface area contributed by atoms with Crippen molar-refractivity contribution in [2.24, 2.45) is 0 Å². The van der Waals surface area contributed by atoms with Gasteiger partial charge in [0.1, 0.15) is 0 Å². The fraction of sp³-hybridized carbons (Fsp3) is 0.538. The maximum Gasteiger partial charge on any atom is 0.0593 e. The minimum absolute atomic E-state index is 0.849. The first-order valence-corrected chi connectivity index (χ1v) is 5.91. The molecule has 2 rings (SSSR count). The van der Waals surface area contributed by atoms with Crippen molar-refractivity contribution in [1.29, 1.82) is 0 Å². The highest BCUT2D eigenvalue weighted by molar-refractivity contribution is 5.48. The fourth-order valence-corrected chi connectivity index (χ4v) is 2.00. The summed E-state index contributed by atoms with van der Waals surface area (Å²) >= 11 is 0. The molecule has 0 bridgehead atoms. The summed E-state index contributed by atoms with van der Waals surface area (Å²) in [6.07, 6.45) is 1.13. The average Bonchev–Trinajstić information content (AvgIpc) is 2.52. The van der Waals surface area contributed by atoms with E-state index in [4.69, 9.17) is 10.5 Å². The summed E-state index contributed by atoms with van der Waals surface area (Å²) in [7, 11) is 0. The Labute approximate surface area is 97.2 Å². The molecular weight excluding hydrogens is 200 g/mol. The van der Waals surface area contributed by atoms with E-state index >= 15 is 0 Å². The van der Waals surface area contributed by atoms with Gasteiger partial charge in [-0.15, -0.1) is 0 Å². The zero-order chi connectivity index (χ0) is 11.4. The molecular formula is C13H20N2O. The summed E-state index contributed by atoms with van der Waals surface area (Å²) < 4.78 is 5.44. The molecule has 0 unspecified atom stereocenters. The number of aryl methyl sites for hydroxylation is 1. The zero-order valence-corrected chi connectivity index (χ0v) is 9.91. The number of nitrogen functional groups attached to an aromatic ring is 1. The summed E-state index contributed by atoms with van der Waals surface area (Å²) in [5.74, 6) is 0. The van der Waals surface area contributed by atoms with E-state index in [2.05, 4.69) is 23.1 Å². The fourth-order valence-electron chi connectivity index (χ4n) is 2.00. The second kappa shape index (κ2) is 5.32. The van der Waals surface area contributed by atoms with E-state index in [9.17, 15) is 0 Å². The van der Waals surface area contributed by atoms with Gasteiger partial charge in [-0.2, -0.15) is 0 Å². The number of nitrogens with two attached hydrogens (primary N) is 1. The summed E-state index contributed by atoms with van der Waals surface area (Å²) in [5, 5.41) is 0. The Hall–Kier alpha value is -1.06. The maximum absolute atomic E-state index is 5.91. The van der Waals surface area contributed by atoms with Crippen molar-refractivity contribution < 1.29 is 4.74 Å². The lowest BCUT2D eigenvalue weighted by Crippen LogP contribution is -2.25. The molecule has 0 saturated carbocycles. The van der Waals surface area contributed by atoms with Crippen molar-refractivity contribution >= 4 is 5.69 Å². The van der Waals surface area contributed by atoms with Crippen LogP contribution in [0.25, 0.3) is 0 Å². The number of hydrogen-bond donors (Lipinski definition) is 1. The first kappa shape index (κ1) is 11.4. The normalized spacial score (nSPS) is 18.3. The van der Waals surface area contributed by atoms with Gasteiger partial charge in [0.2, 0.25) is 0 Å². The van der Waals surface area contributed by atoms with E-state index in [1.807, 2.05) is 6.92 Å². The van der Waals surface area contributed by atoms with Crippen molar-refractivity contribution in [2.45, 2.75) is 19.9 Å². The lowest BCUT2D eigenvalue weighted by Gasteiger charge is -2.19. The van der Waals surface area contributed by atoms with Crippen LogP contribution in [0.4, 0.5) is 5.69 Å². The minimum Gasteiger partial charge on any atom is -0.399 e. The Morgan fingerprint density at radius 3 is 3.00 bits per heavy atom. The van der Waals surface area contributed by atoms with E-state index in [0.717, 1.165) is 50.5 Å². The van der Waals surface area contributed by atoms with Crippen molar-refractivity contribution in [3.8, 4) is 0 Å². The molecule has 0 amide bonds. The van der Waals surface area contributed by atoms with Crippen LogP contribution >= 0.6 is 0 Å². The van der Waals surface area contributed by atoms with Crippen molar-refractivity contribution in [1.82, 2.24) is 4.90 Å². The van der Waals surface area contributed by atoms with Crippen LogP contribution in [0.5, 0.6) is 0 Å². The lowest BCUT2D eigenvalue weighted by atomic mass is 10.1. The number of ether oxygens (including phenoxy) is 1. The molecule has 0 spiro atoms. The van der Waals surface area contributed by atoms with Crippen LogP contribution < -0.4 is 5.73 Å². The molecule has 0 aliphatic carbocycles. The Bertz CT molecular complexity index is 344. The predicted octanol–water partition coefficient (Wildman–Crippen LogP) is 1.80. The molecule has 2 N–H and O–H groups in total. The van der Waals surface area contributed by atoms with Gasteiger partial charge in [-0.05, 0) is 30.5 Å². The molecule has 16 heavy (non-hydrogen) atoms. The van der Waals surface area contributed by atoms with Gasteiger partial charge in [-0.1, -0.05) is 12.1 Å². The first-order valence-electron chi connectivity index (χ1n) is 5.91. The van der Waals surface area contributed by atoms with Gasteiger partial charge in [0.05, 0.1) is 6.61 Å². The molecule has 0 aromatic heterocycles. The highest BCUT2D eigenvalue weighted by atomic mass is 16.5. The predicted molar refractivity (Wildman–Crippen MR) is 66.3 cm³/mol. The number of anilines is 1. The number of nitrogens with zero attached hydrogens (tertiary/aromatic N) is 1. The summed E-state index contributed by atoms with van der Waals surface area (Å²) in [5.41, 5.74) is 9.26. The smallest absolute Gasteiger partial charge is 0.0593 e. The van der Waals surface area contributed by atoms with Crippen LogP contribution in [-0.4, -0.2) is 31.2 Å². The van der Waals surface area contributed by atoms with Gasteiger partial charge >= 0.3 is 0 Å². The lowest BCUT2D eigenvalue weighted by molar-refractivity contribution is 0.140. The van der Waals surface area contributed by atoms with Gasteiger partial charge in [0.15, 0.2) is 0 Å². The van der Waals surface area contributed by atoms with Crippen LogP contribution in [0.3, 0.4) is 0 Å². The molecule has 1 fully saturated rings. The Balaban J connectivity index is 1.99. The Morgan fingerprint density at radius 2 is 2.19 bits per heavy atom. The van der Waals surface area contributed by atoms with E-state index < -0.39 is 0 Å². The molecule has 88 valence electrons. The molecule has 1 aromatic carbocycles. The van der Waals surface area contributed by atoms with Gasteiger partial charge in [0, 0.05) is 31.9 Å². The van der Waals surface area contributed by atoms with Crippen LogP contribution in [0.15, 0.2) is 18.2 Å². The van der Waals surface area contributed by atoms with Gasteiger partial charge in [0.25, 0.3) is 0 Å². The van der Waals surface area contributed by atoms with Crippen LogP contribution in [0.2, 0.25) is 0 Å². The number of hydrogen-bond acceptors (Lipinski definition) is 3. The molecule has 1 heterocycles. The highest BCUT2D eigenvalue weighted by Gasteiger charge is 2.09. The summed E-state index contributed by atoms with van der Waals surface area (Å²) in [6, 6.07) is 6.34.